The first kappa shape index (κ1) is 15.1. The summed E-state index contributed by atoms with van der Waals surface area (Å²) in [5.74, 6) is 0.946. The maximum absolute atomic E-state index is 11.9. The van der Waals surface area contributed by atoms with Crippen molar-refractivity contribution < 1.29 is 14.3 Å². The van der Waals surface area contributed by atoms with Crippen LogP contribution in [0.1, 0.15) is 12.0 Å². The normalized spacial score (nSPS) is 20.5. The highest BCUT2D eigenvalue weighted by molar-refractivity contribution is 5.91. The molecule has 1 unspecified atom stereocenters. The third-order valence-corrected chi connectivity index (χ3v) is 3.40. The minimum Gasteiger partial charge on any atom is -0.493 e. The second kappa shape index (κ2) is 6.92. The fourth-order valence-electron chi connectivity index (χ4n) is 2.45. The number of carbonyl (C=O) groups is 1. The zero-order valence-electron chi connectivity index (χ0n) is 11.2. The van der Waals surface area contributed by atoms with Crippen molar-refractivity contribution >= 4 is 24.0 Å². The molecule has 0 saturated carbocycles. The van der Waals surface area contributed by atoms with E-state index in [1.54, 1.807) is 0 Å². The number of hydrogen-bond acceptors (Lipinski definition) is 4. The maximum Gasteiger partial charge on any atom is 0.226 e. The molecule has 3 rings (SSSR count). The molecule has 0 aromatic heterocycles. The van der Waals surface area contributed by atoms with Crippen LogP contribution >= 0.6 is 12.4 Å². The maximum atomic E-state index is 11.9. The first-order chi connectivity index (χ1) is 9.31. The smallest absolute Gasteiger partial charge is 0.226 e. The van der Waals surface area contributed by atoms with Crippen molar-refractivity contribution in [3.8, 4) is 5.75 Å². The molecule has 1 fully saturated rings. The topological polar surface area (TPSA) is 59.6 Å². The average molecular weight is 299 g/mol. The van der Waals surface area contributed by atoms with E-state index in [-0.39, 0.29) is 24.4 Å². The van der Waals surface area contributed by atoms with E-state index in [0.717, 1.165) is 43.2 Å². The molecule has 6 heteroatoms. The Morgan fingerprint density at radius 3 is 3.10 bits per heavy atom. The number of benzene rings is 1. The summed E-state index contributed by atoms with van der Waals surface area (Å²) in [7, 11) is 0. The third kappa shape index (κ3) is 3.62. The van der Waals surface area contributed by atoms with Gasteiger partial charge in [-0.25, -0.2) is 0 Å². The summed E-state index contributed by atoms with van der Waals surface area (Å²) < 4.78 is 10.8. The van der Waals surface area contributed by atoms with Gasteiger partial charge in [0.2, 0.25) is 5.91 Å². The Bertz CT molecular complexity index is 475. The third-order valence-electron chi connectivity index (χ3n) is 3.40. The van der Waals surface area contributed by atoms with Crippen LogP contribution in [0.25, 0.3) is 0 Å². The van der Waals surface area contributed by atoms with Gasteiger partial charge >= 0.3 is 0 Å². The molecule has 20 heavy (non-hydrogen) atoms. The zero-order valence-corrected chi connectivity index (χ0v) is 12.0. The molecule has 1 aromatic rings. The van der Waals surface area contributed by atoms with E-state index >= 15 is 0 Å². The molecule has 1 amide bonds. The van der Waals surface area contributed by atoms with Gasteiger partial charge in [-0.1, -0.05) is 0 Å². The Kier molecular flexibility index (Phi) is 5.23. The highest BCUT2D eigenvalue weighted by atomic mass is 35.5. The van der Waals surface area contributed by atoms with Crippen LogP contribution in [-0.2, 0) is 16.0 Å². The standard InChI is InChI=1S/C14H18N2O3.ClH/c17-14(8-12-9-18-6-4-15-12)16-11-1-2-13-10(7-11)3-5-19-13;/h1-2,7,12,15H,3-6,8-9H2,(H,16,17);1H. The first-order valence-electron chi connectivity index (χ1n) is 6.68. The summed E-state index contributed by atoms with van der Waals surface area (Å²) in [6, 6.07) is 5.91. The number of hydrogen-bond donors (Lipinski definition) is 2. The van der Waals surface area contributed by atoms with Crippen molar-refractivity contribution in [2.75, 3.05) is 31.7 Å². The molecule has 2 heterocycles. The number of morpholine rings is 1. The van der Waals surface area contributed by atoms with Crippen LogP contribution in [0.5, 0.6) is 5.75 Å². The summed E-state index contributed by atoms with van der Waals surface area (Å²) in [6.07, 6.45) is 1.35. The van der Waals surface area contributed by atoms with Gasteiger partial charge in [0.05, 0.1) is 19.8 Å². The fourth-order valence-corrected chi connectivity index (χ4v) is 2.45. The van der Waals surface area contributed by atoms with Gasteiger partial charge in [0, 0.05) is 31.1 Å². The van der Waals surface area contributed by atoms with Crippen LogP contribution in [0, 0.1) is 0 Å². The summed E-state index contributed by atoms with van der Waals surface area (Å²) in [5, 5.41) is 6.20. The molecule has 0 spiro atoms. The van der Waals surface area contributed by atoms with E-state index < -0.39 is 0 Å². The zero-order chi connectivity index (χ0) is 13.1. The number of anilines is 1. The fraction of sp³-hybridized carbons (Fsp3) is 0.500. The number of ether oxygens (including phenoxy) is 2. The highest BCUT2D eigenvalue weighted by Crippen LogP contribution is 2.27. The Hall–Kier alpha value is -1.30. The van der Waals surface area contributed by atoms with E-state index in [4.69, 9.17) is 9.47 Å². The quantitative estimate of drug-likeness (QED) is 0.885. The molecule has 0 bridgehead atoms. The van der Waals surface area contributed by atoms with E-state index in [9.17, 15) is 4.79 Å². The number of carbonyl (C=O) groups excluding carboxylic acids is 1. The lowest BCUT2D eigenvalue weighted by Gasteiger charge is -2.23. The van der Waals surface area contributed by atoms with Crippen LogP contribution < -0.4 is 15.4 Å². The SMILES string of the molecule is Cl.O=C(CC1COCCN1)Nc1ccc2c(c1)CCO2. The van der Waals surface area contributed by atoms with Crippen molar-refractivity contribution in [1.82, 2.24) is 5.32 Å². The molecule has 0 radical (unpaired) electrons. The monoisotopic (exact) mass is 298 g/mol. The number of nitrogens with one attached hydrogen (secondary N) is 2. The summed E-state index contributed by atoms with van der Waals surface area (Å²) >= 11 is 0. The Labute approximate surface area is 124 Å². The van der Waals surface area contributed by atoms with Crippen LogP contribution in [-0.4, -0.2) is 38.3 Å². The molecule has 2 aliphatic rings. The van der Waals surface area contributed by atoms with Crippen molar-refractivity contribution in [2.24, 2.45) is 0 Å². The van der Waals surface area contributed by atoms with Crippen LogP contribution in [0.3, 0.4) is 0 Å². The largest absolute Gasteiger partial charge is 0.493 e. The number of amides is 1. The van der Waals surface area contributed by atoms with Crippen LogP contribution in [0.4, 0.5) is 5.69 Å². The molecule has 1 aromatic carbocycles. The van der Waals surface area contributed by atoms with Crippen molar-refractivity contribution in [1.29, 1.82) is 0 Å². The van der Waals surface area contributed by atoms with E-state index in [2.05, 4.69) is 10.6 Å². The molecular formula is C14H19ClN2O3. The van der Waals surface area contributed by atoms with Gasteiger partial charge < -0.3 is 20.1 Å². The molecule has 2 aliphatic heterocycles. The lowest BCUT2D eigenvalue weighted by molar-refractivity contribution is -0.117. The van der Waals surface area contributed by atoms with E-state index in [0.29, 0.717) is 13.0 Å². The summed E-state index contributed by atoms with van der Waals surface area (Å²) in [6.45, 7) is 2.87. The summed E-state index contributed by atoms with van der Waals surface area (Å²) in [4.78, 5) is 11.9. The lowest BCUT2D eigenvalue weighted by atomic mass is 10.1. The molecule has 110 valence electrons. The second-order valence-electron chi connectivity index (χ2n) is 4.90. The minimum atomic E-state index is 0. The van der Waals surface area contributed by atoms with Gasteiger partial charge in [-0.15, -0.1) is 12.4 Å². The summed E-state index contributed by atoms with van der Waals surface area (Å²) in [5.41, 5.74) is 2.00. The minimum absolute atomic E-state index is 0. The number of fused-ring (bicyclic) bond motifs is 1. The molecule has 5 nitrogen and oxygen atoms in total. The predicted molar refractivity (Wildman–Crippen MR) is 78.7 cm³/mol. The molecule has 2 N–H and O–H groups in total. The van der Waals surface area contributed by atoms with Gasteiger partial charge in [-0.05, 0) is 23.8 Å². The Balaban J connectivity index is 0.00000147. The van der Waals surface area contributed by atoms with E-state index in [1.807, 2.05) is 18.2 Å². The van der Waals surface area contributed by atoms with Crippen LogP contribution in [0.2, 0.25) is 0 Å². The second-order valence-corrected chi connectivity index (χ2v) is 4.90. The lowest BCUT2D eigenvalue weighted by Crippen LogP contribution is -2.43. The first-order valence-corrected chi connectivity index (χ1v) is 6.68. The van der Waals surface area contributed by atoms with Crippen LogP contribution in [0.15, 0.2) is 18.2 Å². The van der Waals surface area contributed by atoms with Crippen molar-refractivity contribution in [3.63, 3.8) is 0 Å². The molecule has 0 aliphatic carbocycles. The van der Waals surface area contributed by atoms with Gasteiger partial charge in [0.15, 0.2) is 0 Å². The number of rotatable bonds is 3. The van der Waals surface area contributed by atoms with E-state index in [1.165, 1.54) is 0 Å². The number of halogens is 1. The highest BCUT2D eigenvalue weighted by Gasteiger charge is 2.18. The molecule has 1 atom stereocenters. The van der Waals surface area contributed by atoms with Crippen molar-refractivity contribution in [3.05, 3.63) is 23.8 Å². The molecule has 1 saturated heterocycles. The average Bonchev–Trinajstić information content (AvgIpc) is 2.87. The van der Waals surface area contributed by atoms with Gasteiger partial charge in [-0.3, -0.25) is 4.79 Å². The molecular weight excluding hydrogens is 280 g/mol. The van der Waals surface area contributed by atoms with Gasteiger partial charge in [-0.2, -0.15) is 0 Å². The Morgan fingerprint density at radius 1 is 1.40 bits per heavy atom. The predicted octanol–water partition coefficient (Wildman–Crippen LogP) is 1.36. The van der Waals surface area contributed by atoms with Gasteiger partial charge in [0.25, 0.3) is 0 Å². The Morgan fingerprint density at radius 2 is 2.30 bits per heavy atom. The van der Waals surface area contributed by atoms with Crippen molar-refractivity contribution in [2.45, 2.75) is 18.9 Å². The van der Waals surface area contributed by atoms with Gasteiger partial charge in [0.1, 0.15) is 5.75 Å².